The van der Waals surface area contributed by atoms with Crippen molar-refractivity contribution in [1.82, 2.24) is 0 Å². The lowest BCUT2D eigenvalue weighted by Gasteiger charge is -2.53. The zero-order valence-corrected chi connectivity index (χ0v) is 13.4. The van der Waals surface area contributed by atoms with Crippen LogP contribution in [0.3, 0.4) is 0 Å². The van der Waals surface area contributed by atoms with Gasteiger partial charge in [0.25, 0.3) is 0 Å². The van der Waals surface area contributed by atoms with Crippen LogP contribution < -0.4 is 4.74 Å². The van der Waals surface area contributed by atoms with Crippen molar-refractivity contribution in [2.24, 2.45) is 5.41 Å². The molecule has 2 aliphatic rings. The van der Waals surface area contributed by atoms with Crippen LogP contribution in [0.25, 0.3) is 0 Å². The van der Waals surface area contributed by atoms with Crippen molar-refractivity contribution in [3.8, 4) is 5.75 Å². The normalized spacial score (nSPS) is 28.8. The molecule has 0 N–H and O–H groups in total. The average Bonchev–Trinajstić information content (AvgIpc) is 2.69. The molecule has 0 aromatic heterocycles. The third-order valence-corrected chi connectivity index (χ3v) is 6.00. The number of ether oxygens (including phenoxy) is 1. The van der Waals surface area contributed by atoms with Crippen LogP contribution in [0.5, 0.6) is 5.75 Å². The lowest BCUT2D eigenvalue weighted by atomic mass is 9.61. The number of benzene rings is 1. The summed E-state index contributed by atoms with van der Waals surface area (Å²) in [5.41, 5.74) is 2.73. The van der Waals surface area contributed by atoms with Crippen molar-refractivity contribution in [3.63, 3.8) is 0 Å². The van der Waals surface area contributed by atoms with Gasteiger partial charge in [0.2, 0.25) is 0 Å². The molecule has 2 heteroatoms. The van der Waals surface area contributed by atoms with Gasteiger partial charge in [-0.2, -0.15) is 0 Å². The largest absolute Gasteiger partial charge is 0.489 e. The van der Waals surface area contributed by atoms with Crippen LogP contribution >= 0.6 is 11.6 Å². The molecule has 0 amide bonds. The fourth-order valence-corrected chi connectivity index (χ4v) is 4.53. The molecule has 2 atom stereocenters. The van der Waals surface area contributed by atoms with E-state index in [0.717, 1.165) is 12.2 Å². The Labute approximate surface area is 127 Å². The average molecular weight is 293 g/mol. The molecule has 1 aromatic carbocycles. The molecule has 3 rings (SSSR count). The number of alkyl halides is 1. The molecule has 1 aromatic rings. The van der Waals surface area contributed by atoms with Gasteiger partial charge in [0, 0.05) is 17.2 Å². The van der Waals surface area contributed by atoms with Crippen LogP contribution in [0, 0.1) is 19.3 Å². The minimum absolute atomic E-state index is 0.243. The van der Waals surface area contributed by atoms with Gasteiger partial charge in [-0.3, -0.25) is 0 Å². The van der Waals surface area contributed by atoms with Crippen molar-refractivity contribution in [2.45, 2.75) is 70.3 Å². The van der Waals surface area contributed by atoms with Gasteiger partial charge in [0.1, 0.15) is 11.9 Å². The molecule has 0 bridgehead atoms. The number of para-hydroxylation sites is 1. The maximum absolute atomic E-state index is 6.62. The van der Waals surface area contributed by atoms with Crippen LogP contribution in [-0.4, -0.2) is 11.5 Å². The number of hydrogen-bond acceptors (Lipinski definition) is 1. The molecule has 1 spiro atoms. The molecule has 0 radical (unpaired) electrons. The SMILES string of the molecule is Cc1cccc(C)c1OC1CC(Cl)C12CCCCCC2. The highest BCUT2D eigenvalue weighted by atomic mass is 35.5. The van der Waals surface area contributed by atoms with E-state index in [2.05, 4.69) is 32.0 Å². The van der Waals surface area contributed by atoms with E-state index in [1.807, 2.05) is 0 Å². The summed E-state index contributed by atoms with van der Waals surface area (Å²) in [5.74, 6) is 1.09. The van der Waals surface area contributed by atoms with Gasteiger partial charge in [0.05, 0.1) is 0 Å². The molecule has 2 saturated carbocycles. The van der Waals surface area contributed by atoms with Crippen molar-refractivity contribution in [3.05, 3.63) is 29.3 Å². The zero-order chi connectivity index (χ0) is 14.2. The van der Waals surface area contributed by atoms with E-state index >= 15 is 0 Å². The summed E-state index contributed by atoms with van der Waals surface area (Å²) in [5, 5.41) is 0.315. The van der Waals surface area contributed by atoms with E-state index in [-0.39, 0.29) is 5.41 Å². The third kappa shape index (κ3) is 2.35. The first-order valence-electron chi connectivity index (χ1n) is 8.00. The van der Waals surface area contributed by atoms with Gasteiger partial charge in [-0.05, 0) is 37.8 Å². The quantitative estimate of drug-likeness (QED) is 0.663. The van der Waals surface area contributed by atoms with Gasteiger partial charge < -0.3 is 4.74 Å². The van der Waals surface area contributed by atoms with E-state index in [1.165, 1.54) is 49.7 Å². The van der Waals surface area contributed by atoms with E-state index in [9.17, 15) is 0 Å². The highest BCUT2D eigenvalue weighted by Crippen LogP contribution is 2.55. The zero-order valence-electron chi connectivity index (χ0n) is 12.6. The summed E-state index contributed by atoms with van der Waals surface area (Å²) in [4.78, 5) is 0. The van der Waals surface area contributed by atoms with Gasteiger partial charge in [0.15, 0.2) is 0 Å². The van der Waals surface area contributed by atoms with Gasteiger partial charge in [-0.15, -0.1) is 11.6 Å². The van der Waals surface area contributed by atoms with Crippen molar-refractivity contribution >= 4 is 11.6 Å². The summed E-state index contributed by atoms with van der Waals surface area (Å²) < 4.78 is 6.45. The smallest absolute Gasteiger partial charge is 0.125 e. The molecule has 1 nitrogen and oxygen atoms in total. The number of hydrogen-bond donors (Lipinski definition) is 0. The predicted octanol–water partition coefficient (Wildman–Crippen LogP) is 5.40. The van der Waals surface area contributed by atoms with Crippen LogP contribution in [0.15, 0.2) is 18.2 Å². The van der Waals surface area contributed by atoms with Crippen LogP contribution in [0.2, 0.25) is 0 Å². The Morgan fingerprint density at radius 1 is 1.05 bits per heavy atom. The Hall–Kier alpha value is -0.690. The standard InChI is InChI=1S/C18H25ClO/c1-13-8-7-9-14(2)17(13)20-16-12-15(19)18(16)10-5-3-4-6-11-18/h7-9,15-16H,3-6,10-12H2,1-2H3. The second-order valence-corrected chi connectivity index (χ2v) is 7.20. The first-order valence-corrected chi connectivity index (χ1v) is 8.44. The Morgan fingerprint density at radius 2 is 1.65 bits per heavy atom. The lowest BCUT2D eigenvalue weighted by Crippen LogP contribution is -2.57. The lowest BCUT2D eigenvalue weighted by molar-refractivity contribution is -0.0519. The molecule has 110 valence electrons. The molecular formula is C18H25ClO. The second-order valence-electron chi connectivity index (χ2n) is 6.68. The number of rotatable bonds is 2. The fraction of sp³-hybridized carbons (Fsp3) is 0.667. The molecule has 20 heavy (non-hydrogen) atoms. The highest BCUT2D eigenvalue weighted by Gasteiger charge is 2.55. The molecule has 0 aliphatic heterocycles. The molecule has 2 fully saturated rings. The monoisotopic (exact) mass is 292 g/mol. The van der Waals surface area contributed by atoms with Crippen LogP contribution in [0.4, 0.5) is 0 Å². The van der Waals surface area contributed by atoms with Crippen molar-refractivity contribution < 1.29 is 4.74 Å². The molecule has 0 heterocycles. The first kappa shape index (κ1) is 14.3. The second kappa shape index (κ2) is 5.60. The predicted molar refractivity (Wildman–Crippen MR) is 84.7 cm³/mol. The topological polar surface area (TPSA) is 9.23 Å². The maximum Gasteiger partial charge on any atom is 0.125 e. The Kier molecular flexibility index (Phi) is 3.99. The van der Waals surface area contributed by atoms with Crippen LogP contribution in [-0.2, 0) is 0 Å². The Balaban J connectivity index is 1.80. The van der Waals surface area contributed by atoms with Gasteiger partial charge >= 0.3 is 0 Å². The summed E-state index contributed by atoms with van der Waals surface area (Å²) in [6, 6.07) is 6.38. The first-order chi connectivity index (χ1) is 9.63. The highest BCUT2D eigenvalue weighted by molar-refractivity contribution is 6.21. The third-order valence-electron chi connectivity index (χ3n) is 5.39. The number of halogens is 1. The van der Waals surface area contributed by atoms with E-state index in [4.69, 9.17) is 16.3 Å². The molecule has 0 saturated heterocycles. The van der Waals surface area contributed by atoms with Gasteiger partial charge in [-0.25, -0.2) is 0 Å². The van der Waals surface area contributed by atoms with E-state index in [1.54, 1.807) is 0 Å². The Morgan fingerprint density at radius 3 is 2.20 bits per heavy atom. The minimum atomic E-state index is 0.243. The molecular weight excluding hydrogens is 268 g/mol. The van der Waals surface area contributed by atoms with E-state index < -0.39 is 0 Å². The van der Waals surface area contributed by atoms with Crippen molar-refractivity contribution in [2.75, 3.05) is 0 Å². The van der Waals surface area contributed by atoms with Crippen molar-refractivity contribution in [1.29, 1.82) is 0 Å². The summed E-state index contributed by atoms with van der Waals surface area (Å²) in [6.45, 7) is 4.28. The fourth-order valence-electron chi connectivity index (χ4n) is 4.01. The summed E-state index contributed by atoms with van der Waals surface area (Å²) >= 11 is 6.62. The maximum atomic E-state index is 6.62. The van der Waals surface area contributed by atoms with E-state index in [0.29, 0.717) is 11.5 Å². The Bertz CT molecular complexity index is 454. The molecule has 2 unspecified atom stereocenters. The molecule has 2 aliphatic carbocycles. The minimum Gasteiger partial charge on any atom is -0.489 e. The summed E-state index contributed by atoms with van der Waals surface area (Å²) in [6.07, 6.45) is 9.18. The van der Waals surface area contributed by atoms with Gasteiger partial charge in [-0.1, -0.05) is 43.9 Å². The number of aryl methyl sites for hydroxylation is 2. The summed E-state index contributed by atoms with van der Waals surface area (Å²) in [7, 11) is 0. The van der Waals surface area contributed by atoms with Crippen LogP contribution in [0.1, 0.15) is 56.1 Å².